The van der Waals surface area contributed by atoms with Crippen LogP contribution in [0.2, 0.25) is 0 Å². The van der Waals surface area contributed by atoms with Crippen LogP contribution >= 0.6 is 11.6 Å². The van der Waals surface area contributed by atoms with Crippen LogP contribution in [-0.2, 0) is 5.88 Å². The van der Waals surface area contributed by atoms with E-state index in [1.807, 2.05) is 0 Å². The zero-order valence-corrected chi connectivity index (χ0v) is 4.84. The summed E-state index contributed by atoms with van der Waals surface area (Å²) in [6, 6.07) is 0. The fourth-order valence-corrected chi connectivity index (χ4v) is 0.459. The van der Waals surface area contributed by atoms with E-state index in [9.17, 15) is 0 Å². The summed E-state index contributed by atoms with van der Waals surface area (Å²) in [6.07, 6.45) is 2.95. The van der Waals surface area contributed by atoms with E-state index < -0.39 is 0 Å². The van der Waals surface area contributed by atoms with E-state index in [0.717, 1.165) is 0 Å². The highest BCUT2D eigenvalue weighted by molar-refractivity contribution is 6.16. The van der Waals surface area contributed by atoms with Gasteiger partial charge in [-0.2, -0.15) is 5.10 Å². The smallest absolute Gasteiger partial charge is 0.138 e. The van der Waals surface area contributed by atoms with E-state index in [4.69, 9.17) is 11.6 Å². The Morgan fingerprint density at radius 1 is 1.62 bits per heavy atom. The number of alkyl halides is 1. The second kappa shape index (κ2) is 2.57. The van der Waals surface area contributed by atoms with Gasteiger partial charge < -0.3 is 0 Å². The highest BCUT2D eigenvalue weighted by Gasteiger charge is 1.86. The van der Waals surface area contributed by atoms with Gasteiger partial charge in [0, 0.05) is 0 Å². The van der Waals surface area contributed by atoms with E-state index in [-0.39, 0.29) is 0 Å². The molecule has 0 spiro atoms. The van der Waals surface area contributed by atoms with E-state index in [2.05, 4.69) is 15.2 Å². The maximum absolute atomic E-state index is 5.38. The van der Waals surface area contributed by atoms with Gasteiger partial charge >= 0.3 is 0 Å². The SMILES string of the molecule is ClCc1cncnn1. The minimum atomic E-state index is 0.376. The average molecular weight is 130 g/mol. The predicted molar refractivity (Wildman–Crippen MR) is 29.4 cm³/mol. The molecule has 0 saturated carbocycles. The van der Waals surface area contributed by atoms with Crippen LogP contribution in [0.25, 0.3) is 0 Å². The highest BCUT2D eigenvalue weighted by atomic mass is 35.5. The molecule has 8 heavy (non-hydrogen) atoms. The Bertz CT molecular complexity index is 153. The summed E-state index contributed by atoms with van der Waals surface area (Å²) in [4.78, 5) is 3.70. The lowest BCUT2D eigenvalue weighted by molar-refractivity contribution is 0.916. The van der Waals surface area contributed by atoms with Gasteiger partial charge in [-0.05, 0) is 0 Å². The van der Waals surface area contributed by atoms with Crippen molar-refractivity contribution >= 4 is 11.6 Å². The van der Waals surface area contributed by atoms with Crippen molar-refractivity contribution in [1.29, 1.82) is 0 Å². The molecule has 4 heteroatoms. The third kappa shape index (κ3) is 1.13. The zero-order chi connectivity index (χ0) is 5.82. The van der Waals surface area contributed by atoms with Crippen LogP contribution in [0.5, 0.6) is 0 Å². The van der Waals surface area contributed by atoms with Crippen molar-refractivity contribution in [3.63, 3.8) is 0 Å². The molecule has 0 N–H and O–H groups in total. The molecule has 0 fully saturated rings. The molecular formula is C4H4ClN3. The van der Waals surface area contributed by atoms with E-state index in [1.54, 1.807) is 6.20 Å². The summed E-state index contributed by atoms with van der Waals surface area (Å²) >= 11 is 5.38. The number of halogens is 1. The molecule has 3 nitrogen and oxygen atoms in total. The van der Waals surface area contributed by atoms with Gasteiger partial charge in [-0.1, -0.05) is 0 Å². The Kier molecular flexibility index (Phi) is 1.75. The summed E-state index contributed by atoms with van der Waals surface area (Å²) in [7, 11) is 0. The van der Waals surface area contributed by atoms with Crippen molar-refractivity contribution in [3.8, 4) is 0 Å². The molecule has 0 unspecified atom stereocenters. The molecular weight excluding hydrogens is 126 g/mol. The van der Waals surface area contributed by atoms with E-state index in [0.29, 0.717) is 11.6 Å². The fourth-order valence-electron chi connectivity index (χ4n) is 0.336. The summed E-state index contributed by atoms with van der Waals surface area (Å²) in [6.45, 7) is 0. The molecule has 0 aliphatic rings. The van der Waals surface area contributed by atoms with Gasteiger partial charge in [0.05, 0.1) is 17.8 Å². The lowest BCUT2D eigenvalue weighted by Crippen LogP contribution is -1.88. The summed E-state index contributed by atoms with van der Waals surface area (Å²) in [5.74, 6) is 0.376. The minimum Gasteiger partial charge on any atom is -0.241 e. The molecule has 0 saturated heterocycles. The van der Waals surface area contributed by atoms with Crippen molar-refractivity contribution in [2.45, 2.75) is 5.88 Å². The monoisotopic (exact) mass is 129 g/mol. The lowest BCUT2D eigenvalue weighted by atomic mass is 10.6. The number of aromatic nitrogens is 3. The minimum absolute atomic E-state index is 0.376. The lowest BCUT2D eigenvalue weighted by Gasteiger charge is -1.85. The normalized spacial score (nSPS) is 9.12. The van der Waals surface area contributed by atoms with Gasteiger partial charge in [-0.3, -0.25) is 0 Å². The third-order valence-electron chi connectivity index (χ3n) is 0.665. The first-order chi connectivity index (χ1) is 3.93. The molecule has 0 aromatic carbocycles. The van der Waals surface area contributed by atoms with Crippen LogP contribution in [0, 0.1) is 0 Å². The van der Waals surface area contributed by atoms with Crippen LogP contribution in [-0.4, -0.2) is 15.2 Å². The summed E-state index contributed by atoms with van der Waals surface area (Å²) in [5.41, 5.74) is 0.703. The van der Waals surface area contributed by atoms with Crippen LogP contribution in [0.15, 0.2) is 12.5 Å². The van der Waals surface area contributed by atoms with Crippen molar-refractivity contribution in [1.82, 2.24) is 15.2 Å². The van der Waals surface area contributed by atoms with Crippen molar-refractivity contribution in [2.75, 3.05) is 0 Å². The number of hydrogen-bond donors (Lipinski definition) is 0. The molecule has 1 rings (SSSR count). The zero-order valence-electron chi connectivity index (χ0n) is 4.08. The highest BCUT2D eigenvalue weighted by Crippen LogP contribution is 1.91. The van der Waals surface area contributed by atoms with Gasteiger partial charge in [0.15, 0.2) is 0 Å². The molecule has 42 valence electrons. The maximum Gasteiger partial charge on any atom is 0.138 e. The Balaban J connectivity index is 2.83. The van der Waals surface area contributed by atoms with Crippen molar-refractivity contribution < 1.29 is 0 Å². The Morgan fingerprint density at radius 2 is 2.50 bits per heavy atom. The van der Waals surface area contributed by atoms with Crippen LogP contribution in [0.4, 0.5) is 0 Å². The first-order valence-corrected chi connectivity index (χ1v) is 2.64. The third-order valence-corrected chi connectivity index (χ3v) is 0.939. The van der Waals surface area contributed by atoms with Gasteiger partial charge in [-0.25, -0.2) is 4.98 Å². The van der Waals surface area contributed by atoms with Crippen molar-refractivity contribution in [3.05, 3.63) is 18.2 Å². The van der Waals surface area contributed by atoms with Crippen LogP contribution < -0.4 is 0 Å². The first kappa shape index (κ1) is 5.44. The topological polar surface area (TPSA) is 38.7 Å². The van der Waals surface area contributed by atoms with Gasteiger partial charge in [0.1, 0.15) is 6.33 Å². The summed E-state index contributed by atoms with van der Waals surface area (Å²) in [5, 5.41) is 7.16. The van der Waals surface area contributed by atoms with Crippen molar-refractivity contribution in [2.24, 2.45) is 0 Å². The standard InChI is InChI=1S/C4H4ClN3/c5-1-4-2-6-3-7-8-4/h2-3H,1H2. The van der Waals surface area contributed by atoms with Gasteiger partial charge in [0.2, 0.25) is 0 Å². The predicted octanol–water partition coefficient (Wildman–Crippen LogP) is 0.610. The Labute approximate surface area is 51.7 Å². The van der Waals surface area contributed by atoms with Gasteiger partial charge in [0.25, 0.3) is 0 Å². The second-order valence-corrected chi connectivity index (χ2v) is 1.50. The number of hydrogen-bond acceptors (Lipinski definition) is 3. The molecule has 0 aliphatic carbocycles. The molecule has 0 bridgehead atoms. The number of nitrogens with zero attached hydrogens (tertiary/aromatic N) is 3. The fraction of sp³-hybridized carbons (Fsp3) is 0.250. The van der Waals surface area contributed by atoms with Gasteiger partial charge in [-0.15, -0.1) is 16.7 Å². The molecule has 0 radical (unpaired) electrons. The average Bonchev–Trinajstić information content (AvgIpc) is 1.90. The Morgan fingerprint density at radius 3 is 2.88 bits per heavy atom. The first-order valence-electron chi connectivity index (χ1n) is 2.11. The molecule has 0 aliphatic heterocycles. The molecule has 1 aromatic heterocycles. The maximum atomic E-state index is 5.38. The quantitative estimate of drug-likeness (QED) is 0.522. The van der Waals surface area contributed by atoms with Crippen LogP contribution in [0.3, 0.4) is 0 Å². The van der Waals surface area contributed by atoms with E-state index >= 15 is 0 Å². The molecule has 1 aromatic rings. The Hall–Kier alpha value is -0.700. The molecule has 1 heterocycles. The molecule has 0 amide bonds. The largest absolute Gasteiger partial charge is 0.241 e. The number of rotatable bonds is 1. The second-order valence-electron chi connectivity index (χ2n) is 1.23. The summed E-state index contributed by atoms with van der Waals surface area (Å²) < 4.78 is 0. The van der Waals surface area contributed by atoms with E-state index in [1.165, 1.54) is 6.33 Å². The molecule has 0 atom stereocenters. The van der Waals surface area contributed by atoms with Crippen LogP contribution in [0.1, 0.15) is 5.69 Å².